The predicted octanol–water partition coefficient (Wildman–Crippen LogP) is 3.35. The van der Waals surface area contributed by atoms with E-state index in [9.17, 15) is 4.79 Å². The largest absolute Gasteiger partial charge is 0.337 e. The van der Waals surface area contributed by atoms with E-state index >= 15 is 0 Å². The van der Waals surface area contributed by atoms with Gasteiger partial charge in [-0.05, 0) is 31.1 Å². The van der Waals surface area contributed by atoms with Gasteiger partial charge in [-0.1, -0.05) is 39.8 Å². The first-order chi connectivity index (χ1) is 10.2. The number of rotatable bonds is 3. The summed E-state index contributed by atoms with van der Waals surface area (Å²) in [7, 11) is 0. The molecule has 1 aliphatic heterocycles. The Kier molecular flexibility index (Phi) is 3.88. The normalized spacial score (nSPS) is 18.0. The number of carbonyl (C=O) groups is 1. The van der Waals surface area contributed by atoms with E-state index in [1.54, 1.807) is 4.90 Å². The standard InChI is InChI=1S/C15H14BrN3O2/c1-2-13(20)19-8-4-7-12(19)15-17-14(18-21-15)10-5-3-6-11(16)9-10/h2-3,5-6,9,12H,1,4,7-8H2. The zero-order valence-electron chi connectivity index (χ0n) is 11.3. The van der Waals surface area contributed by atoms with Crippen LogP contribution in [0.1, 0.15) is 24.8 Å². The molecular weight excluding hydrogens is 334 g/mol. The van der Waals surface area contributed by atoms with Crippen molar-refractivity contribution in [3.63, 3.8) is 0 Å². The van der Waals surface area contributed by atoms with Crippen LogP contribution in [0.25, 0.3) is 11.4 Å². The van der Waals surface area contributed by atoms with Crippen molar-refractivity contribution in [3.05, 3.63) is 47.3 Å². The fourth-order valence-electron chi connectivity index (χ4n) is 2.52. The fourth-order valence-corrected chi connectivity index (χ4v) is 2.92. The highest BCUT2D eigenvalue weighted by Gasteiger charge is 2.33. The molecule has 21 heavy (non-hydrogen) atoms. The highest BCUT2D eigenvalue weighted by atomic mass is 79.9. The average Bonchev–Trinajstić information content (AvgIpc) is 3.15. The number of halogens is 1. The lowest BCUT2D eigenvalue weighted by Gasteiger charge is -2.19. The van der Waals surface area contributed by atoms with Crippen molar-refractivity contribution in [3.8, 4) is 11.4 Å². The first-order valence-corrected chi connectivity index (χ1v) is 7.51. The summed E-state index contributed by atoms with van der Waals surface area (Å²) in [5.74, 6) is 0.918. The van der Waals surface area contributed by atoms with Gasteiger partial charge in [-0.25, -0.2) is 0 Å². The number of hydrogen-bond donors (Lipinski definition) is 0. The quantitative estimate of drug-likeness (QED) is 0.799. The molecule has 1 atom stereocenters. The molecule has 2 heterocycles. The van der Waals surface area contributed by atoms with Crippen LogP contribution in [0.15, 0.2) is 45.9 Å². The molecule has 0 N–H and O–H groups in total. The molecule has 108 valence electrons. The van der Waals surface area contributed by atoms with Crippen molar-refractivity contribution >= 4 is 21.8 Å². The third-order valence-electron chi connectivity index (χ3n) is 3.52. The second-order valence-electron chi connectivity index (χ2n) is 4.86. The Bertz CT molecular complexity index is 683. The number of hydrogen-bond acceptors (Lipinski definition) is 4. The molecule has 1 fully saturated rings. The molecule has 2 aromatic rings. The molecule has 0 spiro atoms. The van der Waals surface area contributed by atoms with Gasteiger partial charge in [-0.2, -0.15) is 4.98 Å². The summed E-state index contributed by atoms with van der Waals surface area (Å²) in [5, 5.41) is 4.02. The van der Waals surface area contributed by atoms with E-state index in [4.69, 9.17) is 4.52 Å². The third kappa shape index (κ3) is 2.76. The van der Waals surface area contributed by atoms with E-state index in [-0.39, 0.29) is 11.9 Å². The highest BCUT2D eigenvalue weighted by molar-refractivity contribution is 9.10. The minimum atomic E-state index is -0.149. The van der Waals surface area contributed by atoms with Gasteiger partial charge in [0.2, 0.25) is 17.6 Å². The van der Waals surface area contributed by atoms with Gasteiger partial charge in [-0.15, -0.1) is 0 Å². The molecule has 5 nitrogen and oxygen atoms in total. The average molecular weight is 348 g/mol. The lowest BCUT2D eigenvalue weighted by molar-refractivity contribution is -0.127. The number of carbonyl (C=O) groups excluding carboxylic acids is 1. The zero-order valence-corrected chi connectivity index (χ0v) is 12.9. The summed E-state index contributed by atoms with van der Waals surface area (Å²) < 4.78 is 6.32. The molecule has 1 aromatic carbocycles. The van der Waals surface area contributed by atoms with Crippen molar-refractivity contribution in [1.29, 1.82) is 0 Å². The molecule has 0 aliphatic carbocycles. The molecule has 1 aromatic heterocycles. The minimum Gasteiger partial charge on any atom is -0.337 e. The molecule has 1 amide bonds. The van der Waals surface area contributed by atoms with Crippen molar-refractivity contribution in [2.75, 3.05) is 6.54 Å². The Morgan fingerprint density at radius 3 is 3.14 bits per heavy atom. The smallest absolute Gasteiger partial charge is 0.249 e. The third-order valence-corrected chi connectivity index (χ3v) is 4.01. The number of amides is 1. The second kappa shape index (κ2) is 5.81. The molecule has 1 saturated heterocycles. The Morgan fingerprint density at radius 2 is 2.38 bits per heavy atom. The lowest BCUT2D eigenvalue weighted by atomic mass is 10.2. The second-order valence-corrected chi connectivity index (χ2v) is 5.78. The maximum absolute atomic E-state index is 11.8. The van der Waals surface area contributed by atoms with Crippen LogP contribution in [0.4, 0.5) is 0 Å². The predicted molar refractivity (Wildman–Crippen MR) is 81.3 cm³/mol. The van der Waals surface area contributed by atoms with Gasteiger partial charge < -0.3 is 9.42 Å². The molecule has 0 saturated carbocycles. The summed E-state index contributed by atoms with van der Waals surface area (Å²) in [6.07, 6.45) is 3.09. The molecule has 3 rings (SSSR count). The Morgan fingerprint density at radius 1 is 1.52 bits per heavy atom. The summed E-state index contributed by atoms with van der Waals surface area (Å²) in [6, 6.07) is 7.55. The number of likely N-dealkylation sites (tertiary alicyclic amines) is 1. The first-order valence-electron chi connectivity index (χ1n) is 6.71. The Labute approximate surface area is 130 Å². The van der Waals surface area contributed by atoms with E-state index in [2.05, 4.69) is 32.6 Å². The van der Waals surface area contributed by atoms with Crippen molar-refractivity contribution < 1.29 is 9.32 Å². The SMILES string of the molecule is C=CC(=O)N1CCCC1c1nc(-c2cccc(Br)c2)no1. The summed E-state index contributed by atoms with van der Waals surface area (Å²) in [4.78, 5) is 18.0. The monoisotopic (exact) mass is 347 g/mol. The number of aromatic nitrogens is 2. The summed E-state index contributed by atoms with van der Waals surface area (Å²) in [6.45, 7) is 4.23. The van der Waals surface area contributed by atoms with Crippen molar-refractivity contribution in [2.45, 2.75) is 18.9 Å². The van der Waals surface area contributed by atoms with E-state index in [0.29, 0.717) is 18.3 Å². The van der Waals surface area contributed by atoms with Gasteiger partial charge in [0.05, 0.1) is 0 Å². The first kappa shape index (κ1) is 14.0. The van der Waals surface area contributed by atoms with E-state index in [0.717, 1.165) is 22.9 Å². The molecule has 0 radical (unpaired) electrons. The fraction of sp³-hybridized carbons (Fsp3) is 0.267. The molecule has 6 heteroatoms. The lowest BCUT2D eigenvalue weighted by Crippen LogP contribution is -2.28. The van der Waals surface area contributed by atoms with Crippen LogP contribution in [0.5, 0.6) is 0 Å². The van der Waals surface area contributed by atoms with Gasteiger partial charge in [0.25, 0.3) is 0 Å². The van der Waals surface area contributed by atoms with Crippen LogP contribution in [-0.4, -0.2) is 27.5 Å². The van der Waals surface area contributed by atoms with Crippen LogP contribution < -0.4 is 0 Å². The maximum Gasteiger partial charge on any atom is 0.249 e. The highest BCUT2D eigenvalue weighted by Crippen LogP contribution is 2.32. The summed E-state index contributed by atoms with van der Waals surface area (Å²) >= 11 is 3.42. The van der Waals surface area contributed by atoms with Crippen LogP contribution in [0.3, 0.4) is 0 Å². The van der Waals surface area contributed by atoms with Gasteiger partial charge in [0, 0.05) is 16.6 Å². The van der Waals surface area contributed by atoms with Crippen molar-refractivity contribution in [1.82, 2.24) is 15.0 Å². The Hall–Kier alpha value is -1.95. The molecular formula is C15H14BrN3O2. The zero-order chi connectivity index (χ0) is 14.8. The molecule has 0 bridgehead atoms. The van der Waals surface area contributed by atoms with Gasteiger partial charge in [-0.3, -0.25) is 4.79 Å². The Balaban J connectivity index is 1.88. The van der Waals surface area contributed by atoms with Crippen molar-refractivity contribution in [2.24, 2.45) is 0 Å². The van der Waals surface area contributed by atoms with Crippen LogP contribution in [0.2, 0.25) is 0 Å². The number of nitrogens with zero attached hydrogens (tertiary/aromatic N) is 3. The molecule has 1 aliphatic rings. The van der Waals surface area contributed by atoms with E-state index < -0.39 is 0 Å². The van der Waals surface area contributed by atoms with Crippen LogP contribution in [-0.2, 0) is 4.79 Å². The van der Waals surface area contributed by atoms with Gasteiger partial charge in [0.1, 0.15) is 6.04 Å². The van der Waals surface area contributed by atoms with E-state index in [1.165, 1.54) is 6.08 Å². The van der Waals surface area contributed by atoms with Gasteiger partial charge in [0.15, 0.2) is 0 Å². The van der Waals surface area contributed by atoms with Crippen LogP contribution >= 0.6 is 15.9 Å². The molecule has 1 unspecified atom stereocenters. The summed E-state index contributed by atoms with van der Waals surface area (Å²) in [5.41, 5.74) is 0.874. The van der Waals surface area contributed by atoms with Gasteiger partial charge >= 0.3 is 0 Å². The number of benzene rings is 1. The maximum atomic E-state index is 11.8. The topological polar surface area (TPSA) is 59.2 Å². The van der Waals surface area contributed by atoms with E-state index in [1.807, 2.05) is 24.3 Å². The van der Waals surface area contributed by atoms with Crippen LogP contribution in [0, 0.1) is 0 Å². The minimum absolute atomic E-state index is 0.0975.